The lowest BCUT2D eigenvalue weighted by Gasteiger charge is -2.38. The van der Waals surface area contributed by atoms with Crippen LogP contribution in [-0.4, -0.2) is 23.1 Å². The number of rotatable bonds is 4. The third-order valence-electron chi connectivity index (χ3n) is 3.22. The van der Waals surface area contributed by atoms with Crippen molar-refractivity contribution in [2.24, 2.45) is 5.92 Å². The van der Waals surface area contributed by atoms with Crippen LogP contribution in [0.1, 0.15) is 24.5 Å². The highest BCUT2D eigenvalue weighted by molar-refractivity contribution is 5.22. The topological polar surface area (TPSA) is 23.5 Å². The van der Waals surface area contributed by atoms with Crippen LogP contribution in [0.3, 0.4) is 0 Å². The molecule has 0 aliphatic carbocycles. The van der Waals surface area contributed by atoms with Gasteiger partial charge in [-0.25, -0.2) is 0 Å². The Bertz CT molecular complexity index is 301. The van der Waals surface area contributed by atoms with Crippen molar-refractivity contribution in [2.45, 2.75) is 26.5 Å². The first-order chi connectivity index (χ1) is 7.31. The van der Waals surface area contributed by atoms with E-state index in [1.54, 1.807) is 0 Å². The number of benzene rings is 1. The van der Waals surface area contributed by atoms with Crippen molar-refractivity contribution in [1.82, 2.24) is 4.90 Å². The van der Waals surface area contributed by atoms with Crippen molar-refractivity contribution >= 4 is 0 Å². The van der Waals surface area contributed by atoms with Crippen molar-refractivity contribution in [2.75, 3.05) is 13.1 Å². The van der Waals surface area contributed by atoms with E-state index in [9.17, 15) is 0 Å². The van der Waals surface area contributed by atoms with Crippen LogP contribution in [0.25, 0.3) is 0 Å². The van der Waals surface area contributed by atoms with Gasteiger partial charge in [0.2, 0.25) is 0 Å². The van der Waals surface area contributed by atoms with Crippen LogP contribution in [0.5, 0.6) is 0 Å². The maximum absolute atomic E-state index is 8.92. The Balaban J connectivity index is 1.84. The van der Waals surface area contributed by atoms with E-state index < -0.39 is 0 Å². The molecule has 0 bridgehead atoms. The zero-order valence-electron chi connectivity index (χ0n) is 9.32. The average molecular weight is 205 g/mol. The Morgan fingerprint density at radius 2 is 1.80 bits per heavy atom. The number of hydrogen-bond acceptors (Lipinski definition) is 2. The van der Waals surface area contributed by atoms with Crippen LogP contribution in [0, 0.1) is 5.92 Å². The van der Waals surface area contributed by atoms with Gasteiger partial charge in [-0.2, -0.15) is 0 Å². The summed E-state index contributed by atoms with van der Waals surface area (Å²) in [6.07, 6.45) is 1.31. The van der Waals surface area contributed by atoms with E-state index in [1.807, 2.05) is 12.1 Å². The molecule has 2 rings (SSSR count). The first-order valence-electron chi connectivity index (χ1n) is 5.73. The third kappa shape index (κ3) is 2.58. The standard InChI is InChI=1S/C13H19NO/c1-2-11-7-14(8-11)9-12-3-5-13(10-15)6-4-12/h3-6,11,15H,2,7-10H2,1H3. The highest BCUT2D eigenvalue weighted by Crippen LogP contribution is 2.20. The number of aliphatic hydroxyl groups is 1. The van der Waals surface area contributed by atoms with E-state index in [2.05, 4.69) is 24.0 Å². The third-order valence-corrected chi connectivity index (χ3v) is 3.22. The summed E-state index contributed by atoms with van der Waals surface area (Å²) in [6, 6.07) is 8.24. The highest BCUT2D eigenvalue weighted by Gasteiger charge is 2.24. The molecule has 1 aliphatic heterocycles. The molecule has 82 valence electrons. The van der Waals surface area contributed by atoms with Gasteiger partial charge in [0.15, 0.2) is 0 Å². The van der Waals surface area contributed by atoms with Gasteiger partial charge in [-0.3, -0.25) is 4.90 Å². The van der Waals surface area contributed by atoms with Gasteiger partial charge in [0, 0.05) is 19.6 Å². The normalized spacial score (nSPS) is 17.7. The zero-order valence-corrected chi connectivity index (χ0v) is 9.32. The summed E-state index contributed by atoms with van der Waals surface area (Å²) in [6.45, 7) is 5.96. The van der Waals surface area contributed by atoms with Crippen molar-refractivity contribution in [3.63, 3.8) is 0 Å². The molecule has 1 aromatic rings. The minimum absolute atomic E-state index is 0.141. The quantitative estimate of drug-likeness (QED) is 0.813. The summed E-state index contributed by atoms with van der Waals surface area (Å²) in [5.74, 6) is 0.918. The minimum Gasteiger partial charge on any atom is -0.392 e. The molecular weight excluding hydrogens is 186 g/mol. The maximum Gasteiger partial charge on any atom is 0.0681 e. The van der Waals surface area contributed by atoms with E-state index in [1.165, 1.54) is 25.1 Å². The lowest BCUT2D eigenvalue weighted by atomic mass is 9.96. The fourth-order valence-corrected chi connectivity index (χ4v) is 2.07. The molecule has 0 aromatic heterocycles. The van der Waals surface area contributed by atoms with E-state index in [0.29, 0.717) is 0 Å². The SMILES string of the molecule is CCC1CN(Cc2ccc(CO)cc2)C1. The lowest BCUT2D eigenvalue weighted by molar-refractivity contribution is 0.0899. The van der Waals surface area contributed by atoms with Crippen LogP contribution in [0.2, 0.25) is 0 Å². The van der Waals surface area contributed by atoms with Gasteiger partial charge in [-0.05, 0) is 17.0 Å². The molecule has 1 N–H and O–H groups in total. The Hall–Kier alpha value is -0.860. The first-order valence-corrected chi connectivity index (χ1v) is 5.73. The van der Waals surface area contributed by atoms with Gasteiger partial charge in [0.05, 0.1) is 6.61 Å². The Kier molecular flexibility index (Phi) is 3.39. The van der Waals surface area contributed by atoms with Gasteiger partial charge in [-0.1, -0.05) is 37.6 Å². The van der Waals surface area contributed by atoms with Crippen LogP contribution in [0.4, 0.5) is 0 Å². The van der Waals surface area contributed by atoms with Crippen molar-refractivity contribution < 1.29 is 5.11 Å². The summed E-state index contributed by atoms with van der Waals surface area (Å²) < 4.78 is 0. The predicted octanol–water partition coefficient (Wildman–Crippen LogP) is 2.02. The average Bonchev–Trinajstić information content (AvgIpc) is 2.23. The fraction of sp³-hybridized carbons (Fsp3) is 0.538. The molecule has 0 saturated carbocycles. The number of likely N-dealkylation sites (tertiary alicyclic amines) is 1. The summed E-state index contributed by atoms with van der Waals surface area (Å²) in [5, 5.41) is 8.92. The predicted molar refractivity (Wildman–Crippen MR) is 61.4 cm³/mol. The van der Waals surface area contributed by atoms with E-state index in [0.717, 1.165) is 18.0 Å². The lowest BCUT2D eigenvalue weighted by Crippen LogP contribution is -2.45. The second-order valence-corrected chi connectivity index (χ2v) is 4.44. The summed E-state index contributed by atoms with van der Waals surface area (Å²) >= 11 is 0. The molecule has 0 atom stereocenters. The molecule has 0 spiro atoms. The molecule has 1 fully saturated rings. The molecule has 0 unspecified atom stereocenters. The van der Waals surface area contributed by atoms with Crippen LogP contribution < -0.4 is 0 Å². The molecule has 15 heavy (non-hydrogen) atoms. The van der Waals surface area contributed by atoms with Crippen molar-refractivity contribution in [1.29, 1.82) is 0 Å². The van der Waals surface area contributed by atoms with Crippen LogP contribution in [-0.2, 0) is 13.2 Å². The maximum atomic E-state index is 8.92. The molecule has 0 amide bonds. The molecule has 2 heteroatoms. The van der Waals surface area contributed by atoms with Gasteiger partial charge in [0.1, 0.15) is 0 Å². The largest absolute Gasteiger partial charge is 0.392 e. The van der Waals surface area contributed by atoms with Crippen LogP contribution >= 0.6 is 0 Å². The van der Waals surface area contributed by atoms with Gasteiger partial charge in [-0.15, -0.1) is 0 Å². The molecular formula is C13H19NO. The highest BCUT2D eigenvalue weighted by atomic mass is 16.3. The monoisotopic (exact) mass is 205 g/mol. The Labute approximate surface area is 91.5 Å². The summed E-state index contributed by atoms with van der Waals surface area (Å²) in [7, 11) is 0. The molecule has 1 heterocycles. The van der Waals surface area contributed by atoms with E-state index in [-0.39, 0.29) is 6.61 Å². The number of nitrogens with zero attached hydrogens (tertiary/aromatic N) is 1. The van der Waals surface area contributed by atoms with E-state index in [4.69, 9.17) is 5.11 Å². The Morgan fingerprint density at radius 3 is 2.33 bits per heavy atom. The number of aliphatic hydroxyl groups excluding tert-OH is 1. The van der Waals surface area contributed by atoms with Crippen molar-refractivity contribution in [3.05, 3.63) is 35.4 Å². The second kappa shape index (κ2) is 4.77. The van der Waals surface area contributed by atoms with Gasteiger partial charge in [0.25, 0.3) is 0 Å². The minimum atomic E-state index is 0.141. The Morgan fingerprint density at radius 1 is 1.20 bits per heavy atom. The second-order valence-electron chi connectivity index (χ2n) is 4.44. The van der Waals surface area contributed by atoms with Gasteiger partial charge >= 0.3 is 0 Å². The van der Waals surface area contributed by atoms with Gasteiger partial charge < -0.3 is 5.11 Å². The fourth-order valence-electron chi connectivity index (χ4n) is 2.07. The van der Waals surface area contributed by atoms with E-state index >= 15 is 0 Å². The summed E-state index contributed by atoms with van der Waals surface area (Å²) in [5.41, 5.74) is 2.34. The molecule has 1 aromatic carbocycles. The molecule has 1 saturated heterocycles. The number of hydrogen-bond donors (Lipinski definition) is 1. The zero-order chi connectivity index (χ0) is 10.7. The molecule has 2 nitrogen and oxygen atoms in total. The molecule has 1 aliphatic rings. The smallest absolute Gasteiger partial charge is 0.0681 e. The van der Waals surface area contributed by atoms with Crippen LogP contribution in [0.15, 0.2) is 24.3 Å². The summed E-state index contributed by atoms with van der Waals surface area (Å²) in [4.78, 5) is 2.47. The van der Waals surface area contributed by atoms with Crippen molar-refractivity contribution in [3.8, 4) is 0 Å². The first kappa shape index (κ1) is 10.7. The molecule has 0 radical (unpaired) electrons.